The van der Waals surface area contributed by atoms with Gasteiger partial charge in [0.15, 0.2) is 0 Å². The maximum Gasteiger partial charge on any atom is 0.229 e. The van der Waals surface area contributed by atoms with Gasteiger partial charge in [-0.3, -0.25) is 4.79 Å². The summed E-state index contributed by atoms with van der Waals surface area (Å²) in [7, 11) is 0. The van der Waals surface area contributed by atoms with Gasteiger partial charge in [-0.15, -0.1) is 0 Å². The molecule has 0 bridgehead atoms. The normalized spacial score (nSPS) is 8.86. The van der Waals surface area contributed by atoms with E-state index >= 15 is 0 Å². The molecule has 0 radical (unpaired) electrons. The van der Waals surface area contributed by atoms with Gasteiger partial charge in [-0.1, -0.05) is 11.8 Å². The number of anilines is 1. The quantitative estimate of drug-likeness (QED) is 0.336. The number of phenolic OH excluding ortho intramolecular Hbond substituents is 1. The number of rotatable bonds is 1. The lowest BCUT2D eigenvalue weighted by atomic mass is 10.2. The molecule has 0 unspecified atom stereocenters. The van der Waals surface area contributed by atoms with Gasteiger partial charge in [0.1, 0.15) is 5.75 Å². The molecule has 0 spiro atoms. The minimum atomic E-state index is -0.499. The second kappa shape index (κ2) is 4.19. The second-order valence-electron chi connectivity index (χ2n) is 2.72. The summed E-state index contributed by atoms with van der Waals surface area (Å²) >= 11 is 0. The Balaban J connectivity index is 2.88. The molecule has 0 aliphatic rings. The number of carbonyl (C=O) groups is 1. The molecular weight excluding hydrogens is 180 g/mol. The van der Waals surface area contributed by atoms with Crippen LogP contribution in [0.5, 0.6) is 5.75 Å². The molecule has 4 nitrogen and oxygen atoms in total. The summed E-state index contributed by atoms with van der Waals surface area (Å²) in [5, 5.41) is 9.33. The van der Waals surface area contributed by atoms with E-state index in [9.17, 15) is 9.90 Å². The first-order chi connectivity index (χ1) is 6.59. The van der Waals surface area contributed by atoms with Crippen LogP contribution in [-0.2, 0) is 4.79 Å². The van der Waals surface area contributed by atoms with Crippen molar-refractivity contribution < 1.29 is 9.90 Å². The fourth-order valence-electron chi connectivity index (χ4n) is 0.880. The van der Waals surface area contributed by atoms with E-state index in [4.69, 9.17) is 11.5 Å². The molecule has 1 amide bonds. The highest BCUT2D eigenvalue weighted by Crippen LogP contribution is 2.18. The van der Waals surface area contributed by atoms with Crippen molar-refractivity contribution in [3.05, 3.63) is 23.8 Å². The van der Waals surface area contributed by atoms with E-state index in [1.165, 1.54) is 12.1 Å². The summed E-state index contributed by atoms with van der Waals surface area (Å²) in [6.45, 7) is 0. The predicted molar refractivity (Wildman–Crippen MR) is 53.2 cm³/mol. The maximum atomic E-state index is 10.4. The Morgan fingerprint density at radius 1 is 1.50 bits per heavy atom. The Morgan fingerprint density at radius 3 is 2.86 bits per heavy atom. The third kappa shape index (κ3) is 2.72. The van der Waals surface area contributed by atoms with E-state index in [0.717, 1.165) is 0 Å². The van der Waals surface area contributed by atoms with Crippen LogP contribution in [0.1, 0.15) is 12.0 Å². The molecule has 0 fully saturated rings. The van der Waals surface area contributed by atoms with Crippen molar-refractivity contribution in [2.45, 2.75) is 6.42 Å². The Bertz CT molecular complexity index is 416. The van der Waals surface area contributed by atoms with Gasteiger partial charge in [0.05, 0.1) is 12.0 Å². The van der Waals surface area contributed by atoms with Gasteiger partial charge in [-0.05, 0) is 18.2 Å². The van der Waals surface area contributed by atoms with Gasteiger partial charge >= 0.3 is 0 Å². The highest BCUT2D eigenvalue weighted by Gasteiger charge is 1.97. The number of benzene rings is 1. The van der Waals surface area contributed by atoms with Crippen LogP contribution >= 0.6 is 0 Å². The number of amides is 1. The molecule has 1 rings (SSSR count). The highest BCUT2D eigenvalue weighted by atomic mass is 16.3. The van der Waals surface area contributed by atoms with Crippen LogP contribution in [0.25, 0.3) is 0 Å². The Labute approximate surface area is 81.5 Å². The highest BCUT2D eigenvalue weighted by molar-refractivity contribution is 5.76. The molecule has 4 heteroatoms. The van der Waals surface area contributed by atoms with Gasteiger partial charge in [0, 0.05) is 5.69 Å². The first kappa shape index (κ1) is 9.93. The molecule has 72 valence electrons. The van der Waals surface area contributed by atoms with Gasteiger partial charge in [-0.2, -0.15) is 0 Å². The minimum Gasteiger partial charge on any atom is -0.507 e. The Kier molecular flexibility index (Phi) is 2.97. The average molecular weight is 190 g/mol. The van der Waals surface area contributed by atoms with Crippen LogP contribution in [0.3, 0.4) is 0 Å². The number of aromatic hydroxyl groups is 1. The van der Waals surface area contributed by atoms with Crippen molar-refractivity contribution >= 4 is 11.6 Å². The van der Waals surface area contributed by atoms with Crippen molar-refractivity contribution in [3.8, 4) is 17.6 Å². The van der Waals surface area contributed by atoms with Crippen LogP contribution in [-0.4, -0.2) is 11.0 Å². The summed E-state index contributed by atoms with van der Waals surface area (Å²) in [4.78, 5) is 10.4. The van der Waals surface area contributed by atoms with Crippen LogP contribution in [0, 0.1) is 11.8 Å². The predicted octanol–water partition coefficient (Wildman–Crippen LogP) is 0.201. The molecule has 0 saturated carbocycles. The first-order valence-corrected chi connectivity index (χ1v) is 3.95. The van der Waals surface area contributed by atoms with Crippen molar-refractivity contribution in [1.82, 2.24) is 0 Å². The van der Waals surface area contributed by atoms with Gasteiger partial charge in [0.25, 0.3) is 0 Å². The molecule has 5 N–H and O–H groups in total. The molecule has 1 aromatic rings. The topological polar surface area (TPSA) is 89.3 Å². The zero-order chi connectivity index (χ0) is 10.6. The van der Waals surface area contributed by atoms with Crippen LogP contribution < -0.4 is 11.5 Å². The largest absolute Gasteiger partial charge is 0.507 e. The summed E-state index contributed by atoms with van der Waals surface area (Å²) in [5.74, 6) is 4.67. The molecule has 0 aliphatic carbocycles. The summed E-state index contributed by atoms with van der Waals surface area (Å²) in [6, 6.07) is 4.54. The van der Waals surface area contributed by atoms with Crippen molar-refractivity contribution in [1.29, 1.82) is 0 Å². The lowest BCUT2D eigenvalue weighted by Gasteiger charge is -1.97. The molecule has 0 heterocycles. The number of hydrogen-bond donors (Lipinski definition) is 3. The van der Waals surface area contributed by atoms with E-state index in [2.05, 4.69) is 11.8 Å². The fraction of sp³-hybridized carbons (Fsp3) is 0.100. The molecular formula is C10H10N2O2. The van der Waals surface area contributed by atoms with Gasteiger partial charge < -0.3 is 16.6 Å². The monoisotopic (exact) mass is 190 g/mol. The molecule has 14 heavy (non-hydrogen) atoms. The second-order valence-corrected chi connectivity index (χ2v) is 2.72. The van der Waals surface area contributed by atoms with E-state index in [0.29, 0.717) is 11.3 Å². The lowest BCUT2D eigenvalue weighted by molar-refractivity contribution is -0.117. The third-order valence-electron chi connectivity index (χ3n) is 1.51. The average Bonchev–Trinajstić information content (AvgIpc) is 2.10. The zero-order valence-corrected chi connectivity index (χ0v) is 7.45. The van der Waals surface area contributed by atoms with Gasteiger partial charge in [0.2, 0.25) is 5.91 Å². The molecule has 1 aromatic carbocycles. The Morgan fingerprint density at radius 2 is 2.21 bits per heavy atom. The smallest absolute Gasteiger partial charge is 0.229 e. The van der Waals surface area contributed by atoms with Crippen LogP contribution in [0.4, 0.5) is 5.69 Å². The molecule has 0 aromatic heterocycles. The van der Waals surface area contributed by atoms with Gasteiger partial charge in [-0.25, -0.2) is 0 Å². The fourth-order valence-corrected chi connectivity index (χ4v) is 0.880. The van der Waals surface area contributed by atoms with Crippen molar-refractivity contribution in [2.24, 2.45) is 5.73 Å². The number of hydrogen-bond acceptors (Lipinski definition) is 3. The molecule has 0 aliphatic heterocycles. The van der Waals surface area contributed by atoms with E-state index in [-0.39, 0.29) is 12.2 Å². The standard InChI is InChI=1S/C10H10N2O2/c11-8-4-5-9(13)7(6-8)2-1-3-10(12)14/h4-6,13H,3,11H2,(H2,12,14). The summed E-state index contributed by atoms with van der Waals surface area (Å²) in [5.41, 5.74) is 11.3. The van der Waals surface area contributed by atoms with E-state index < -0.39 is 5.91 Å². The number of primary amides is 1. The minimum absolute atomic E-state index is 0.0335. The number of carbonyl (C=O) groups excluding carboxylic acids is 1. The summed E-state index contributed by atoms with van der Waals surface area (Å²) in [6.07, 6.45) is -0.0335. The van der Waals surface area contributed by atoms with E-state index in [1.807, 2.05) is 0 Å². The Hall–Kier alpha value is -2.15. The molecule has 0 saturated heterocycles. The van der Waals surface area contributed by atoms with Crippen LogP contribution in [0.2, 0.25) is 0 Å². The maximum absolute atomic E-state index is 10.4. The number of nitrogen functional groups attached to an aromatic ring is 1. The van der Waals surface area contributed by atoms with Crippen LogP contribution in [0.15, 0.2) is 18.2 Å². The third-order valence-corrected chi connectivity index (χ3v) is 1.51. The zero-order valence-electron chi connectivity index (χ0n) is 7.45. The molecule has 0 atom stereocenters. The number of nitrogens with two attached hydrogens (primary N) is 2. The first-order valence-electron chi connectivity index (χ1n) is 3.95. The van der Waals surface area contributed by atoms with E-state index in [1.54, 1.807) is 6.07 Å². The lowest BCUT2D eigenvalue weighted by Crippen LogP contribution is -2.08. The summed E-state index contributed by atoms with van der Waals surface area (Å²) < 4.78 is 0. The van der Waals surface area contributed by atoms with Crippen molar-refractivity contribution in [3.63, 3.8) is 0 Å². The SMILES string of the molecule is NC(=O)CC#Cc1cc(N)ccc1O. The van der Waals surface area contributed by atoms with Crippen molar-refractivity contribution in [2.75, 3.05) is 5.73 Å². The number of phenols is 1.